The number of nitrogens with zero attached hydrogens (tertiary/aromatic N) is 4. The highest BCUT2D eigenvalue weighted by Crippen LogP contribution is 1.88. The number of nitrogens with one attached hydrogen (secondary N) is 2. The third-order valence-electron chi connectivity index (χ3n) is 1.82. The van der Waals surface area contributed by atoms with Crippen molar-refractivity contribution >= 4 is 11.7 Å². The van der Waals surface area contributed by atoms with Crippen LogP contribution in [0.3, 0.4) is 0 Å². The highest BCUT2D eigenvalue weighted by Gasteiger charge is 1.96. The molecule has 0 fully saturated rings. The molecule has 8 nitrogen and oxygen atoms in total. The van der Waals surface area contributed by atoms with Gasteiger partial charge in [-0.25, -0.2) is 0 Å². The third kappa shape index (κ3) is 6.57. The van der Waals surface area contributed by atoms with E-state index in [0.717, 1.165) is 0 Å². The first-order valence-corrected chi connectivity index (χ1v) is 4.89. The molecule has 0 aliphatic carbocycles. The lowest BCUT2D eigenvalue weighted by atomic mass is 10.4. The molecular weight excluding hydrogens is 212 g/mol. The number of amidine groups is 2. The van der Waals surface area contributed by atoms with Crippen molar-refractivity contribution < 1.29 is 10.4 Å². The molecule has 0 aliphatic rings. The molecule has 0 saturated heterocycles. The van der Waals surface area contributed by atoms with Crippen molar-refractivity contribution in [3.63, 3.8) is 0 Å². The van der Waals surface area contributed by atoms with E-state index < -0.39 is 0 Å². The zero-order valence-corrected chi connectivity index (χ0v) is 9.51. The Morgan fingerprint density at radius 3 is 1.50 bits per heavy atom. The summed E-state index contributed by atoms with van der Waals surface area (Å²) in [6.07, 6.45) is 1.01. The Morgan fingerprint density at radius 2 is 1.25 bits per heavy atom. The van der Waals surface area contributed by atoms with Gasteiger partial charge in [0.1, 0.15) is 11.7 Å². The van der Waals surface area contributed by atoms with Crippen LogP contribution in [0.15, 0.2) is 20.5 Å². The van der Waals surface area contributed by atoms with E-state index in [4.69, 9.17) is 10.4 Å². The lowest BCUT2D eigenvalue weighted by Gasteiger charge is -2.00. The largest absolute Gasteiger partial charge is 0.409 e. The maximum atomic E-state index is 8.47. The smallest absolute Gasteiger partial charge is 0.143 e. The predicted octanol–water partition coefficient (Wildman–Crippen LogP) is 0.233. The summed E-state index contributed by atoms with van der Waals surface area (Å²) in [4.78, 5) is 0. The van der Waals surface area contributed by atoms with Gasteiger partial charge in [-0.2, -0.15) is 10.2 Å². The normalized spacial score (nSPS) is 13.1. The molecule has 0 aromatic heterocycles. The number of hydrogen-bond donors (Lipinski definition) is 4. The van der Waals surface area contributed by atoms with Crippen LogP contribution in [0.5, 0.6) is 0 Å². The molecule has 0 bridgehead atoms. The second-order valence-corrected chi connectivity index (χ2v) is 2.82. The van der Waals surface area contributed by atoms with Crippen molar-refractivity contribution in [3.05, 3.63) is 0 Å². The van der Waals surface area contributed by atoms with E-state index in [9.17, 15) is 0 Å². The van der Waals surface area contributed by atoms with Crippen molar-refractivity contribution in [3.8, 4) is 0 Å². The number of azo groups is 1. The summed E-state index contributed by atoms with van der Waals surface area (Å²) in [5, 5.41) is 36.2. The van der Waals surface area contributed by atoms with Crippen LogP contribution in [0, 0.1) is 0 Å². The van der Waals surface area contributed by atoms with Crippen LogP contribution in [0.4, 0.5) is 0 Å². The fourth-order valence-electron chi connectivity index (χ4n) is 0.903. The zero-order valence-electron chi connectivity index (χ0n) is 9.51. The highest BCUT2D eigenvalue weighted by molar-refractivity contribution is 5.81. The molecule has 0 aromatic carbocycles. The summed E-state index contributed by atoms with van der Waals surface area (Å²) < 4.78 is 0. The summed E-state index contributed by atoms with van der Waals surface area (Å²) in [6, 6.07) is 0. The molecule has 0 atom stereocenters. The van der Waals surface area contributed by atoms with Crippen LogP contribution in [-0.2, 0) is 0 Å². The summed E-state index contributed by atoms with van der Waals surface area (Å²) in [5.41, 5.74) is 0. The van der Waals surface area contributed by atoms with Crippen molar-refractivity contribution in [2.45, 2.75) is 12.8 Å². The molecule has 0 aliphatic heterocycles. The lowest BCUT2D eigenvalue weighted by Crippen LogP contribution is -2.19. The maximum absolute atomic E-state index is 8.47. The molecule has 0 spiro atoms. The van der Waals surface area contributed by atoms with Gasteiger partial charge in [0.25, 0.3) is 0 Å². The van der Waals surface area contributed by atoms with Crippen molar-refractivity contribution in [2.75, 3.05) is 27.2 Å². The Kier molecular flexibility index (Phi) is 8.56. The van der Waals surface area contributed by atoms with Crippen molar-refractivity contribution in [2.24, 2.45) is 20.5 Å². The van der Waals surface area contributed by atoms with Gasteiger partial charge in [0.2, 0.25) is 0 Å². The molecular formula is C8H18N6O2. The van der Waals surface area contributed by atoms with E-state index in [1.807, 2.05) is 0 Å². The Balaban J connectivity index is 3.63. The molecule has 92 valence electrons. The molecule has 0 heterocycles. The van der Waals surface area contributed by atoms with Gasteiger partial charge in [-0.15, -0.1) is 0 Å². The minimum absolute atomic E-state index is 0.450. The molecule has 16 heavy (non-hydrogen) atoms. The minimum Gasteiger partial charge on any atom is -0.409 e. The Labute approximate surface area is 94.1 Å². The van der Waals surface area contributed by atoms with Crippen LogP contribution >= 0.6 is 0 Å². The van der Waals surface area contributed by atoms with E-state index in [1.54, 1.807) is 14.1 Å². The monoisotopic (exact) mass is 230 g/mol. The van der Waals surface area contributed by atoms with E-state index >= 15 is 0 Å². The Hall–Kier alpha value is -1.86. The van der Waals surface area contributed by atoms with Crippen LogP contribution in [-0.4, -0.2) is 49.3 Å². The summed E-state index contributed by atoms with van der Waals surface area (Å²) in [6.45, 7) is 0.900. The van der Waals surface area contributed by atoms with Gasteiger partial charge in [-0.05, 0) is 0 Å². The molecule has 0 rings (SSSR count). The van der Waals surface area contributed by atoms with E-state index in [1.165, 1.54) is 0 Å². The highest BCUT2D eigenvalue weighted by atomic mass is 16.4. The Morgan fingerprint density at radius 1 is 0.875 bits per heavy atom. The third-order valence-corrected chi connectivity index (χ3v) is 1.82. The van der Waals surface area contributed by atoms with Gasteiger partial charge in [0.05, 0.1) is 13.1 Å². The van der Waals surface area contributed by atoms with E-state index in [0.29, 0.717) is 37.6 Å². The van der Waals surface area contributed by atoms with Gasteiger partial charge in [-0.1, -0.05) is 10.3 Å². The van der Waals surface area contributed by atoms with Crippen molar-refractivity contribution in [1.29, 1.82) is 0 Å². The topological polar surface area (TPSA) is 114 Å². The van der Waals surface area contributed by atoms with E-state index in [2.05, 4.69) is 31.2 Å². The zero-order chi connectivity index (χ0) is 12.2. The summed E-state index contributed by atoms with van der Waals surface area (Å²) >= 11 is 0. The number of oxime groups is 2. The van der Waals surface area contributed by atoms with Gasteiger partial charge in [0, 0.05) is 26.9 Å². The van der Waals surface area contributed by atoms with Crippen LogP contribution < -0.4 is 10.6 Å². The van der Waals surface area contributed by atoms with Gasteiger partial charge >= 0.3 is 0 Å². The van der Waals surface area contributed by atoms with Crippen LogP contribution in [0.2, 0.25) is 0 Å². The Bertz CT molecular complexity index is 237. The molecule has 0 unspecified atom stereocenters. The summed E-state index contributed by atoms with van der Waals surface area (Å²) in [5.74, 6) is 0.929. The standard InChI is InChI=1S/C8H18N6O2/c1-9-7(13-15)3-5-11-12-6-4-8(10-2)14-16/h15-16H,3-6H2,1-2H3,(H,9,13)(H,10,14). The quantitative estimate of drug-likeness (QED) is 0.172. The lowest BCUT2D eigenvalue weighted by molar-refractivity contribution is 0.315. The van der Waals surface area contributed by atoms with Crippen LogP contribution in [0.25, 0.3) is 0 Å². The molecule has 4 N–H and O–H groups in total. The number of rotatable bonds is 6. The SMILES string of the molecule is CNC(CCN=NCCC(=NO)NC)=NO. The molecule has 0 radical (unpaired) electrons. The molecule has 0 saturated carbocycles. The summed E-state index contributed by atoms with van der Waals surface area (Å²) in [7, 11) is 3.34. The molecule has 0 aromatic rings. The van der Waals surface area contributed by atoms with Gasteiger partial charge < -0.3 is 21.0 Å². The average molecular weight is 230 g/mol. The fourth-order valence-corrected chi connectivity index (χ4v) is 0.903. The maximum Gasteiger partial charge on any atom is 0.143 e. The van der Waals surface area contributed by atoms with Crippen LogP contribution in [0.1, 0.15) is 12.8 Å². The molecule has 0 amide bonds. The molecule has 8 heteroatoms. The van der Waals surface area contributed by atoms with Gasteiger partial charge in [0.15, 0.2) is 0 Å². The first-order chi connectivity index (χ1) is 7.78. The second kappa shape index (κ2) is 9.69. The average Bonchev–Trinajstić information content (AvgIpc) is 2.33. The van der Waals surface area contributed by atoms with Crippen molar-refractivity contribution in [1.82, 2.24) is 10.6 Å². The van der Waals surface area contributed by atoms with E-state index in [-0.39, 0.29) is 0 Å². The minimum atomic E-state index is 0.450. The predicted molar refractivity (Wildman–Crippen MR) is 60.4 cm³/mol. The second-order valence-electron chi connectivity index (χ2n) is 2.82. The fraction of sp³-hybridized carbons (Fsp3) is 0.750. The first kappa shape index (κ1) is 14.1. The van der Waals surface area contributed by atoms with Gasteiger partial charge in [-0.3, -0.25) is 0 Å². The first-order valence-electron chi connectivity index (χ1n) is 4.89. The number of hydrogen-bond acceptors (Lipinski definition) is 6.